The molecular formula is C14H11N7S. The van der Waals surface area contributed by atoms with Crippen LogP contribution in [0.1, 0.15) is 5.56 Å². The van der Waals surface area contributed by atoms with Crippen molar-refractivity contribution in [2.45, 2.75) is 12.1 Å². The third-order valence-corrected chi connectivity index (χ3v) is 3.42. The monoisotopic (exact) mass is 309 g/mol. The Hall–Kier alpha value is -3.12. The molecule has 8 heteroatoms. The van der Waals surface area contributed by atoms with Crippen LogP contribution >= 0.6 is 12.2 Å². The average Bonchev–Trinajstić information content (AvgIpc) is 2.86. The number of thiocarbonyl (C=S) groups is 1. The molecular weight excluding hydrogens is 298 g/mol. The number of hydrogen-bond acceptors (Lipinski definition) is 6. The summed E-state index contributed by atoms with van der Waals surface area (Å²) in [6.07, 6.45) is 0. The summed E-state index contributed by atoms with van der Waals surface area (Å²) in [6.45, 7) is 0.444. The van der Waals surface area contributed by atoms with Gasteiger partial charge in [-0.05, 0) is 17.8 Å². The number of nitrogens with two attached hydrogens (primary N) is 1. The SMILES string of the molecule is N#CC1=C(N)N(C(=S)NCc2ccccc2)NC1(C#N)C#N. The molecule has 0 saturated heterocycles. The third-order valence-electron chi connectivity index (χ3n) is 3.09. The summed E-state index contributed by atoms with van der Waals surface area (Å²) < 4.78 is 0. The summed E-state index contributed by atoms with van der Waals surface area (Å²) in [5.74, 6) is -0.0591. The normalized spacial score (nSPS) is 15.6. The minimum Gasteiger partial charge on any atom is -0.383 e. The highest BCUT2D eigenvalue weighted by Crippen LogP contribution is 2.25. The second-order valence-corrected chi connectivity index (χ2v) is 4.82. The van der Waals surface area contributed by atoms with Gasteiger partial charge in [0.15, 0.2) is 5.11 Å². The third kappa shape index (κ3) is 2.55. The maximum absolute atomic E-state index is 9.18. The van der Waals surface area contributed by atoms with E-state index in [9.17, 15) is 10.5 Å². The second-order valence-electron chi connectivity index (χ2n) is 4.44. The van der Waals surface area contributed by atoms with Crippen LogP contribution in [0.2, 0.25) is 0 Å². The van der Waals surface area contributed by atoms with Crippen molar-refractivity contribution in [2.75, 3.05) is 0 Å². The van der Waals surface area contributed by atoms with Crippen LogP contribution in [-0.2, 0) is 6.54 Å². The fourth-order valence-electron chi connectivity index (χ4n) is 1.93. The summed E-state index contributed by atoms with van der Waals surface area (Å²) >= 11 is 5.20. The van der Waals surface area contributed by atoms with Crippen LogP contribution in [0.5, 0.6) is 0 Å². The maximum Gasteiger partial charge on any atom is 0.249 e. The van der Waals surface area contributed by atoms with Crippen LogP contribution in [0.15, 0.2) is 41.7 Å². The van der Waals surface area contributed by atoms with Crippen LogP contribution in [0.25, 0.3) is 0 Å². The van der Waals surface area contributed by atoms with E-state index in [2.05, 4.69) is 10.7 Å². The quantitative estimate of drug-likeness (QED) is 0.669. The molecule has 0 unspecified atom stereocenters. The van der Waals surface area contributed by atoms with Crippen molar-refractivity contribution in [1.29, 1.82) is 15.8 Å². The van der Waals surface area contributed by atoms with Crippen LogP contribution in [-0.4, -0.2) is 15.7 Å². The molecule has 1 aromatic rings. The number of nitriles is 3. The predicted octanol–water partition coefficient (Wildman–Crippen LogP) is 0.361. The van der Waals surface area contributed by atoms with Gasteiger partial charge in [-0.25, -0.2) is 5.01 Å². The first-order chi connectivity index (χ1) is 10.6. The van der Waals surface area contributed by atoms with Crippen molar-refractivity contribution in [2.24, 2.45) is 5.73 Å². The fraction of sp³-hybridized carbons (Fsp3) is 0.143. The van der Waals surface area contributed by atoms with E-state index in [1.165, 1.54) is 5.01 Å². The van der Waals surface area contributed by atoms with Gasteiger partial charge in [0.1, 0.15) is 29.6 Å². The van der Waals surface area contributed by atoms with Gasteiger partial charge < -0.3 is 11.1 Å². The molecule has 0 aliphatic carbocycles. The molecule has 0 radical (unpaired) electrons. The minimum atomic E-state index is -1.82. The number of nitrogens with zero attached hydrogens (tertiary/aromatic N) is 4. The molecule has 0 fully saturated rings. The fourth-order valence-corrected chi connectivity index (χ4v) is 2.14. The van der Waals surface area contributed by atoms with Crippen molar-refractivity contribution in [3.05, 3.63) is 47.3 Å². The van der Waals surface area contributed by atoms with Crippen molar-refractivity contribution in [3.8, 4) is 18.2 Å². The molecule has 1 heterocycles. The lowest BCUT2D eigenvalue weighted by atomic mass is 9.96. The molecule has 4 N–H and O–H groups in total. The first kappa shape index (κ1) is 15.3. The summed E-state index contributed by atoms with van der Waals surface area (Å²) in [5, 5.41) is 31.8. The van der Waals surface area contributed by atoms with Gasteiger partial charge in [-0.2, -0.15) is 21.2 Å². The molecule has 1 aliphatic rings. The first-order valence-corrected chi connectivity index (χ1v) is 6.61. The number of nitrogens with one attached hydrogen (secondary N) is 2. The lowest BCUT2D eigenvalue weighted by Crippen LogP contribution is -2.52. The molecule has 0 spiro atoms. The van der Waals surface area contributed by atoms with E-state index in [0.29, 0.717) is 6.54 Å². The highest BCUT2D eigenvalue weighted by Gasteiger charge is 2.47. The van der Waals surface area contributed by atoms with Gasteiger partial charge >= 0.3 is 0 Å². The summed E-state index contributed by atoms with van der Waals surface area (Å²) in [7, 11) is 0. The Morgan fingerprint density at radius 3 is 2.41 bits per heavy atom. The van der Waals surface area contributed by atoms with Gasteiger partial charge in [-0.15, -0.1) is 0 Å². The summed E-state index contributed by atoms with van der Waals surface area (Å²) in [4.78, 5) is 0. The van der Waals surface area contributed by atoms with Gasteiger partial charge in [-0.3, -0.25) is 0 Å². The van der Waals surface area contributed by atoms with Gasteiger partial charge in [0.05, 0.1) is 0 Å². The molecule has 0 atom stereocenters. The molecule has 2 rings (SSSR count). The molecule has 0 saturated carbocycles. The van der Waals surface area contributed by atoms with E-state index in [1.807, 2.05) is 30.3 Å². The number of benzene rings is 1. The first-order valence-electron chi connectivity index (χ1n) is 6.20. The number of rotatable bonds is 2. The topological polar surface area (TPSA) is 125 Å². The van der Waals surface area contributed by atoms with Gasteiger partial charge in [0.2, 0.25) is 5.54 Å². The lowest BCUT2D eigenvalue weighted by molar-refractivity contribution is 0.366. The van der Waals surface area contributed by atoms with Crippen LogP contribution in [0.4, 0.5) is 0 Å². The summed E-state index contributed by atoms with van der Waals surface area (Å²) in [6, 6.07) is 14.8. The highest BCUT2D eigenvalue weighted by atomic mass is 32.1. The largest absolute Gasteiger partial charge is 0.383 e. The van der Waals surface area contributed by atoms with E-state index in [0.717, 1.165) is 5.56 Å². The Morgan fingerprint density at radius 2 is 1.91 bits per heavy atom. The lowest BCUT2D eigenvalue weighted by Gasteiger charge is -2.23. The van der Waals surface area contributed by atoms with Crippen molar-refractivity contribution >= 4 is 17.3 Å². The van der Waals surface area contributed by atoms with Crippen molar-refractivity contribution < 1.29 is 0 Å². The van der Waals surface area contributed by atoms with Gasteiger partial charge in [0.25, 0.3) is 0 Å². The second kappa shape index (κ2) is 6.11. The Kier molecular flexibility index (Phi) is 4.24. The zero-order chi connectivity index (χ0) is 16.2. The van der Waals surface area contributed by atoms with Gasteiger partial charge in [0, 0.05) is 6.54 Å². The van der Waals surface area contributed by atoms with E-state index >= 15 is 0 Å². The van der Waals surface area contributed by atoms with Crippen LogP contribution < -0.4 is 16.5 Å². The molecule has 22 heavy (non-hydrogen) atoms. The average molecular weight is 309 g/mol. The van der Waals surface area contributed by atoms with Crippen molar-refractivity contribution in [3.63, 3.8) is 0 Å². The number of hydrazine groups is 1. The van der Waals surface area contributed by atoms with Gasteiger partial charge in [-0.1, -0.05) is 30.3 Å². The molecule has 0 aromatic heterocycles. The van der Waals surface area contributed by atoms with Crippen molar-refractivity contribution in [1.82, 2.24) is 15.8 Å². The Labute approximate surface area is 132 Å². The number of hydrogen-bond donors (Lipinski definition) is 3. The molecule has 108 valence electrons. The molecule has 1 aliphatic heterocycles. The Bertz CT molecular complexity index is 734. The zero-order valence-electron chi connectivity index (χ0n) is 11.4. The zero-order valence-corrected chi connectivity index (χ0v) is 12.2. The molecule has 0 amide bonds. The molecule has 1 aromatic carbocycles. The smallest absolute Gasteiger partial charge is 0.249 e. The molecule has 0 bridgehead atoms. The van der Waals surface area contributed by atoms with Crippen LogP contribution in [0, 0.1) is 34.0 Å². The van der Waals surface area contributed by atoms with E-state index in [1.54, 1.807) is 18.2 Å². The predicted molar refractivity (Wildman–Crippen MR) is 81.6 cm³/mol. The Balaban J connectivity index is 2.16. The Morgan fingerprint density at radius 1 is 1.27 bits per heavy atom. The standard InChI is InChI=1S/C14H11N7S/c15-6-11-12(18)21(20-14(11,8-16)9-17)13(22)19-7-10-4-2-1-3-5-10/h1-5,20H,7,18H2,(H,19,22). The maximum atomic E-state index is 9.18. The highest BCUT2D eigenvalue weighted by molar-refractivity contribution is 7.80. The van der Waals surface area contributed by atoms with E-state index in [-0.39, 0.29) is 16.5 Å². The summed E-state index contributed by atoms with van der Waals surface area (Å²) in [5.41, 5.74) is 7.41. The van der Waals surface area contributed by atoms with Crippen LogP contribution in [0.3, 0.4) is 0 Å². The van der Waals surface area contributed by atoms with E-state index < -0.39 is 5.54 Å². The molecule has 7 nitrogen and oxygen atoms in total. The van der Waals surface area contributed by atoms with E-state index in [4.69, 9.17) is 23.2 Å². The minimum absolute atomic E-state index is 0.0591.